The zero-order valence-corrected chi connectivity index (χ0v) is 18.6. The molecule has 2 aromatic carbocycles. The van der Waals surface area contributed by atoms with Crippen molar-refractivity contribution < 1.29 is 13.5 Å². The molecule has 3 rings (SSSR count). The van der Waals surface area contributed by atoms with Crippen LogP contribution in [-0.4, -0.2) is 17.5 Å². The number of aromatic nitrogens is 1. The molecule has 0 bridgehead atoms. The summed E-state index contributed by atoms with van der Waals surface area (Å²) in [6.45, 7) is 4.06. The second-order valence-electron chi connectivity index (χ2n) is 7.22. The number of aliphatic hydroxyl groups is 1. The highest BCUT2D eigenvalue weighted by molar-refractivity contribution is 9.10. The smallest absolute Gasteiger partial charge is 0.268 e. The van der Waals surface area contributed by atoms with Gasteiger partial charge < -0.3 is 5.11 Å². The first-order valence-corrected chi connectivity index (χ1v) is 11.9. The van der Waals surface area contributed by atoms with E-state index in [1.54, 1.807) is 36.4 Å². The molecule has 0 saturated carbocycles. The van der Waals surface area contributed by atoms with Gasteiger partial charge in [0.2, 0.25) is 0 Å². The molecule has 1 unspecified atom stereocenters. The average Bonchev–Trinajstić information content (AvgIpc) is 3.05. The van der Waals surface area contributed by atoms with Crippen LogP contribution >= 0.6 is 15.9 Å². The van der Waals surface area contributed by atoms with Gasteiger partial charge in [-0.15, -0.1) is 0 Å². The van der Waals surface area contributed by atoms with Crippen LogP contribution in [0.2, 0.25) is 0 Å². The maximum atomic E-state index is 13.4. The van der Waals surface area contributed by atoms with Crippen molar-refractivity contribution in [2.45, 2.75) is 57.0 Å². The first-order valence-electron chi connectivity index (χ1n) is 9.66. The number of hydrogen-bond donors (Lipinski definition) is 1. The van der Waals surface area contributed by atoms with E-state index in [0.29, 0.717) is 17.6 Å². The van der Waals surface area contributed by atoms with Crippen LogP contribution in [0.4, 0.5) is 0 Å². The molecular formula is C22H26BrNO3S. The monoisotopic (exact) mass is 463 g/mol. The molecule has 0 saturated heterocycles. The Morgan fingerprint density at radius 3 is 2.43 bits per heavy atom. The van der Waals surface area contributed by atoms with Gasteiger partial charge in [0.15, 0.2) is 0 Å². The molecule has 0 aliphatic rings. The molecule has 4 nitrogen and oxygen atoms in total. The van der Waals surface area contributed by atoms with Gasteiger partial charge in [-0.2, -0.15) is 0 Å². The molecule has 1 aromatic heterocycles. The van der Waals surface area contributed by atoms with Crippen molar-refractivity contribution >= 4 is 36.9 Å². The fourth-order valence-corrected chi connectivity index (χ4v) is 5.36. The topological polar surface area (TPSA) is 59.3 Å². The summed E-state index contributed by atoms with van der Waals surface area (Å²) in [7, 11) is -3.82. The van der Waals surface area contributed by atoms with Gasteiger partial charge in [-0.3, -0.25) is 0 Å². The molecule has 0 radical (unpaired) electrons. The fraction of sp³-hybridized carbons (Fsp3) is 0.364. The third-order valence-corrected chi connectivity index (χ3v) is 7.23. The van der Waals surface area contributed by atoms with Crippen LogP contribution in [0.5, 0.6) is 0 Å². The maximum absolute atomic E-state index is 13.4. The molecule has 3 aromatic rings. The highest BCUT2D eigenvalue weighted by atomic mass is 79.9. The van der Waals surface area contributed by atoms with E-state index in [4.69, 9.17) is 0 Å². The second kappa shape index (κ2) is 8.80. The summed E-state index contributed by atoms with van der Waals surface area (Å²) in [6.07, 6.45) is 3.84. The standard InChI is InChI=1S/C22H26BrNO3S/c1-3-4-5-6-7-22(25)21-15-17-14-18(23)10-13-20(17)24(21)28(26,27)19-11-8-16(2)9-12-19/h8-15,22,25H,3-7H2,1-2H3. The van der Waals surface area contributed by atoms with Crippen LogP contribution in [0, 0.1) is 6.92 Å². The second-order valence-corrected chi connectivity index (χ2v) is 9.92. The summed E-state index contributed by atoms with van der Waals surface area (Å²) < 4.78 is 29.1. The summed E-state index contributed by atoms with van der Waals surface area (Å²) >= 11 is 3.44. The molecule has 1 atom stereocenters. The summed E-state index contributed by atoms with van der Waals surface area (Å²) in [5.74, 6) is 0. The maximum Gasteiger partial charge on any atom is 0.268 e. The molecule has 0 aliphatic heterocycles. The van der Waals surface area contributed by atoms with Crippen molar-refractivity contribution in [3.8, 4) is 0 Å². The van der Waals surface area contributed by atoms with Crippen molar-refractivity contribution in [3.63, 3.8) is 0 Å². The van der Waals surface area contributed by atoms with Gasteiger partial charge in [-0.05, 0) is 49.7 Å². The van der Waals surface area contributed by atoms with Gasteiger partial charge in [-0.1, -0.05) is 66.2 Å². The Hall–Kier alpha value is -1.63. The lowest BCUT2D eigenvalue weighted by Gasteiger charge is -2.16. The zero-order chi connectivity index (χ0) is 20.3. The molecule has 150 valence electrons. The molecule has 6 heteroatoms. The molecule has 1 heterocycles. The van der Waals surface area contributed by atoms with E-state index < -0.39 is 16.1 Å². The van der Waals surface area contributed by atoms with Crippen molar-refractivity contribution in [1.82, 2.24) is 3.97 Å². The number of halogens is 1. The number of nitrogens with zero attached hydrogens (tertiary/aromatic N) is 1. The van der Waals surface area contributed by atoms with Crippen molar-refractivity contribution in [2.24, 2.45) is 0 Å². The van der Waals surface area contributed by atoms with Crippen LogP contribution in [0.15, 0.2) is 57.9 Å². The number of hydrogen-bond acceptors (Lipinski definition) is 3. The van der Waals surface area contributed by atoms with Crippen LogP contribution in [0.1, 0.15) is 56.4 Å². The van der Waals surface area contributed by atoms with Crippen LogP contribution in [0.25, 0.3) is 10.9 Å². The molecule has 0 fully saturated rings. The highest BCUT2D eigenvalue weighted by Crippen LogP contribution is 2.32. The summed E-state index contributed by atoms with van der Waals surface area (Å²) in [5, 5.41) is 11.6. The Balaban J connectivity index is 2.09. The van der Waals surface area contributed by atoms with E-state index in [9.17, 15) is 13.5 Å². The highest BCUT2D eigenvalue weighted by Gasteiger charge is 2.26. The molecule has 28 heavy (non-hydrogen) atoms. The first-order chi connectivity index (χ1) is 13.3. The number of unbranched alkanes of at least 4 members (excludes halogenated alkanes) is 3. The van der Waals surface area contributed by atoms with Crippen molar-refractivity contribution in [2.75, 3.05) is 0 Å². The third kappa shape index (κ3) is 4.34. The normalized spacial score (nSPS) is 13.1. The summed E-state index contributed by atoms with van der Waals surface area (Å²) in [4.78, 5) is 0.220. The van der Waals surface area contributed by atoms with Crippen molar-refractivity contribution in [3.05, 3.63) is 64.3 Å². The van der Waals surface area contributed by atoms with E-state index in [0.717, 1.165) is 41.1 Å². The predicted molar refractivity (Wildman–Crippen MR) is 117 cm³/mol. The number of aryl methyl sites for hydroxylation is 1. The summed E-state index contributed by atoms with van der Waals surface area (Å²) in [6, 6.07) is 14.1. The molecule has 0 amide bonds. The SMILES string of the molecule is CCCCCCC(O)c1cc2cc(Br)ccc2n1S(=O)(=O)c1ccc(C)cc1. The van der Waals surface area contributed by atoms with Gasteiger partial charge in [-0.25, -0.2) is 12.4 Å². The quantitative estimate of drug-likeness (QED) is 0.419. The Morgan fingerprint density at radius 2 is 1.75 bits per heavy atom. The zero-order valence-electron chi connectivity index (χ0n) is 16.2. The molecule has 0 aliphatic carbocycles. The van der Waals surface area contributed by atoms with E-state index in [2.05, 4.69) is 22.9 Å². The minimum Gasteiger partial charge on any atom is -0.387 e. The van der Waals surface area contributed by atoms with Crippen LogP contribution in [0.3, 0.4) is 0 Å². The fourth-order valence-electron chi connectivity index (χ4n) is 3.41. The Labute approximate surface area is 175 Å². The van der Waals surface area contributed by atoms with Gasteiger partial charge in [0.25, 0.3) is 10.0 Å². The average molecular weight is 464 g/mol. The van der Waals surface area contributed by atoms with Gasteiger partial charge >= 0.3 is 0 Å². The molecular weight excluding hydrogens is 438 g/mol. The number of aliphatic hydroxyl groups excluding tert-OH is 1. The Bertz CT molecular complexity index is 1060. The van der Waals surface area contributed by atoms with Gasteiger partial charge in [0.1, 0.15) is 0 Å². The van der Waals surface area contributed by atoms with Crippen LogP contribution in [-0.2, 0) is 10.0 Å². The predicted octanol–water partition coefficient (Wildman–Crippen LogP) is 5.95. The molecule has 0 spiro atoms. The lowest BCUT2D eigenvalue weighted by Crippen LogP contribution is -2.17. The van der Waals surface area contributed by atoms with E-state index in [1.807, 2.05) is 19.1 Å². The minimum atomic E-state index is -3.82. The van der Waals surface area contributed by atoms with E-state index >= 15 is 0 Å². The van der Waals surface area contributed by atoms with E-state index in [-0.39, 0.29) is 4.90 Å². The summed E-state index contributed by atoms with van der Waals surface area (Å²) in [5.41, 5.74) is 1.99. The van der Waals surface area contributed by atoms with Crippen LogP contribution < -0.4 is 0 Å². The lowest BCUT2D eigenvalue weighted by molar-refractivity contribution is 0.158. The minimum absolute atomic E-state index is 0.220. The molecule has 1 N–H and O–H groups in total. The van der Waals surface area contributed by atoms with Gasteiger partial charge in [0.05, 0.1) is 22.2 Å². The third-order valence-electron chi connectivity index (χ3n) is 4.98. The van der Waals surface area contributed by atoms with Crippen molar-refractivity contribution in [1.29, 1.82) is 0 Å². The van der Waals surface area contributed by atoms with E-state index in [1.165, 1.54) is 3.97 Å². The first kappa shape index (κ1) is 21.1. The number of benzene rings is 2. The lowest BCUT2D eigenvalue weighted by atomic mass is 10.1. The number of fused-ring (bicyclic) bond motifs is 1. The van der Waals surface area contributed by atoms with Gasteiger partial charge in [0, 0.05) is 9.86 Å². The largest absolute Gasteiger partial charge is 0.387 e. The Morgan fingerprint density at radius 1 is 1.04 bits per heavy atom. The number of rotatable bonds is 8. The Kier molecular flexibility index (Phi) is 6.63.